The highest BCUT2D eigenvalue weighted by molar-refractivity contribution is 7.47. The van der Waals surface area contributed by atoms with Crippen molar-refractivity contribution in [2.75, 3.05) is 39.6 Å². The second-order valence-corrected chi connectivity index (χ2v) is 31.6. The third kappa shape index (κ3) is 79.8. The smallest absolute Gasteiger partial charge is 0.462 e. The fourth-order valence-electron chi connectivity index (χ4n) is 11.7. The molecule has 0 rings (SSSR count). The van der Waals surface area contributed by atoms with Crippen molar-refractivity contribution in [2.24, 2.45) is 0 Å². The van der Waals surface area contributed by atoms with Crippen LogP contribution in [0, 0.1) is 0 Å². The first-order chi connectivity index (χ1) is 52.7. The molecule has 5 atom stereocenters. The van der Waals surface area contributed by atoms with Gasteiger partial charge in [-0.1, -0.05) is 330 Å². The highest BCUT2D eigenvalue weighted by Gasteiger charge is 2.30. The van der Waals surface area contributed by atoms with Crippen molar-refractivity contribution in [2.45, 2.75) is 393 Å². The number of allylic oxidation sites excluding steroid dienone is 18. The molecule has 108 heavy (non-hydrogen) atoms. The first kappa shape index (κ1) is 104. The van der Waals surface area contributed by atoms with Crippen LogP contribution in [0.4, 0.5) is 0 Å². The van der Waals surface area contributed by atoms with E-state index >= 15 is 0 Å². The van der Waals surface area contributed by atoms with Crippen LogP contribution in [0.3, 0.4) is 0 Å². The number of carbonyl (C=O) groups is 4. The molecule has 17 nitrogen and oxygen atoms in total. The molecular formula is C89H156O17P2. The van der Waals surface area contributed by atoms with Crippen molar-refractivity contribution < 1.29 is 80.2 Å². The number of hydrogen-bond acceptors (Lipinski definition) is 15. The Morgan fingerprint density at radius 2 is 0.481 bits per heavy atom. The molecule has 0 spiro atoms. The Hall–Kier alpha value is -4.28. The molecule has 0 aliphatic heterocycles. The first-order valence-electron chi connectivity index (χ1n) is 43.1. The lowest BCUT2D eigenvalue weighted by molar-refractivity contribution is -0.161. The zero-order valence-electron chi connectivity index (χ0n) is 68.5. The molecule has 0 saturated carbocycles. The van der Waals surface area contributed by atoms with Gasteiger partial charge in [-0.25, -0.2) is 9.13 Å². The third-order valence-electron chi connectivity index (χ3n) is 18.2. The van der Waals surface area contributed by atoms with E-state index in [9.17, 15) is 43.2 Å². The Balaban J connectivity index is 5.37. The summed E-state index contributed by atoms with van der Waals surface area (Å²) in [6.07, 6.45) is 88.9. The lowest BCUT2D eigenvalue weighted by Gasteiger charge is -2.21. The van der Waals surface area contributed by atoms with E-state index in [1.807, 2.05) is 0 Å². The molecule has 0 aliphatic carbocycles. The maximum absolute atomic E-state index is 13.1. The van der Waals surface area contributed by atoms with Crippen molar-refractivity contribution in [1.82, 2.24) is 0 Å². The molecule has 0 aliphatic rings. The number of hydrogen-bond donors (Lipinski definition) is 3. The highest BCUT2D eigenvalue weighted by Crippen LogP contribution is 2.45. The largest absolute Gasteiger partial charge is 0.472 e. The standard InChI is InChI=1S/C89H156O17P2/c1-5-9-13-17-21-25-29-33-37-40-41-44-47-50-54-58-62-66-70-74-87(92)100-79-84(105-88(93)75-71-67-63-59-55-51-45-36-32-28-24-20-16-12-8-4)81-103-107(95,96)101-77-83(90)78-102-108(97,98)104-82-85(106-89(94)76-72-68-64-60-56-52-48-43-39-35-31-27-23-19-15-11-7-3)80-99-86(91)73-69-65-61-57-53-49-46-42-38-34-30-26-22-18-14-10-6-2/h10-11,14-15,21-23,25-27,33-35,37-39,41,44,83-85,90H,5-9,12-13,16-20,24,28-32,36,40,42-43,45-82H2,1-4H3,(H,95,96)(H,97,98)/b14-10-,15-11-,25-21-,26-22-,27-23-,37-33-,38-34-,39-35-,44-41-. The van der Waals surface area contributed by atoms with Gasteiger partial charge in [0.15, 0.2) is 12.2 Å². The van der Waals surface area contributed by atoms with E-state index in [0.717, 1.165) is 212 Å². The van der Waals surface area contributed by atoms with Gasteiger partial charge in [0, 0.05) is 25.7 Å². The fraction of sp³-hybridized carbons (Fsp3) is 0.753. The number of ether oxygens (including phenoxy) is 4. The topological polar surface area (TPSA) is 237 Å². The monoisotopic (exact) mass is 1560 g/mol. The van der Waals surface area contributed by atoms with Crippen LogP contribution in [0.5, 0.6) is 0 Å². The molecular weight excluding hydrogens is 1400 g/mol. The maximum Gasteiger partial charge on any atom is 0.472 e. The van der Waals surface area contributed by atoms with Crippen LogP contribution in [-0.2, 0) is 65.4 Å². The lowest BCUT2D eigenvalue weighted by Crippen LogP contribution is -2.30. The molecule has 0 radical (unpaired) electrons. The van der Waals surface area contributed by atoms with Crippen molar-refractivity contribution in [3.05, 3.63) is 109 Å². The second-order valence-electron chi connectivity index (χ2n) is 28.7. The van der Waals surface area contributed by atoms with Crippen LogP contribution in [0.2, 0.25) is 0 Å². The molecule has 0 heterocycles. The number of esters is 4. The Labute approximate surface area is 658 Å². The van der Waals surface area contributed by atoms with Crippen molar-refractivity contribution in [1.29, 1.82) is 0 Å². The van der Waals surface area contributed by atoms with E-state index < -0.39 is 97.5 Å². The van der Waals surface area contributed by atoms with Gasteiger partial charge in [0.05, 0.1) is 26.4 Å². The summed E-state index contributed by atoms with van der Waals surface area (Å²) in [4.78, 5) is 73.3. The van der Waals surface area contributed by atoms with Crippen molar-refractivity contribution in [3.8, 4) is 0 Å². The van der Waals surface area contributed by atoms with Gasteiger partial charge in [-0.15, -0.1) is 0 Å². The molecule has 0 amide bonds. The summed E-state index contributed by atoms with van der Waals surface area (Å²) in [5, 5.41) is 10.7. The molecule has 0 saturated heterocycles. The summed E-state index contributed by atoms with van der Waals surface area (Å²) in [6.45, 7) is 4.67. The molecule has 3 N–H and O–H groups in total. The summed E-state index contributed by atoms with van der Waals surface area (Å²) >= 11 is 0. The number of aliphatic hydroxyl groups excluding tert-OH is 1. The van der Waals surface area contributed by atoms with E-state index in [1.165, 1.54) is 83.5 Å². The summed E-state index contributed by atoms with van der Waals surface area (Å²) in [5.74, 6) is -2.18. The predicted octanol–water partition coefficient (Wildman–Crippen LogP) is 25.7. The van der Waals surface area contributed by atoms with Crippen LogP contribution < -0.4 is 0 Å². The summed E-state index contributed by atoms with van der Waals surface area (Å²) in [5.41, 5.74) is 0. The van der Waals surface area contributed by atoms with Crippen LogP contribution >= 0.6 is 15.6 Å². The van der Waals surface area contributed by atoms with E-state index in [0.29, 0.717) is 25.7 Å². The fourth-order valence-corrected chi connectivity index (χ4v) is 13.3. The average Bonchev–Trinajstić information content (AvgIpc) is 0.901. The number of phosphoric ester groups is 2. The van der Waals surface area contributed by atoms with Gasteiger partial charge in [0.2, 0.25) is 0 Å². The van der Waals surface area contributed by atoms with Crippen LogP contribution in [0.1, 0.15) is 374 Å². The van der Waals surface area contributed by atoms with Gasteiger partial charge in [0.1, 0.15) is 19.3 Å². The quantitative estimate of drug-likeness (QED) is 0.0169. The molecule has 0 aromatic carbocycles. The maximum atomic E-state index is 13.1. The van der Waals surface area contributed by atoms with E-state index in [4.69, 9.17) is 37.0 Å². The SMILES string of the molecule is CC/C=C\C/C=C\C/C=C\CCCCCCCCCC(=O)OCC(COP(=O)(O)OCC(O)COP(=O)(O)OCC(COC(=O)CCCCCCCC/C=C\C/C=C\C/C=C\CCCCC)OC(=O)CCCCCCCCCCCCCCCCC)OC(=O)CCCCCCCCC/C=C\C/C=C\C/C=C\CC. The number of rotatable bonds is 81. The zero-order chi connectivity index (χ0) is 78.9. The normalized spacial score (nSPS) is 14.3. The average molecular weight is 1560 g/mol. The number of phosphoric acid groups is 2. The zero-order valence-corrected chi connectivity index (χ0v) is 70.3. The summed E-state index contributed by atoms with van der Waals surface area (Å²) in [7, 11) is -9.97. The molecule has 0 aromatic heterocycles. The van der Waals surface area contributed by atoms with E-state index in [1.54, 1.807) is 0 Å². The van der Waals surface area contributed by atoms with E-state index in [-0.39, 0.29) is 25.7 Å². The first-order valence-corrected chi connectivity index (χ1v) is 46.1. The Morgan fingerprint density at radius 1 is 0.269 bits per heavy atom. The van der Waals surface area contributed by atoms with Gasteiger partial charge >= 0.3 is 39.5 Å². The minimum absolute atomic E-state index is 0.0810. The molecule has 0 fully saturated rings. The van der Waals surface area contributed by atoms with Crippen LogP contribution in [0.25, 0.3) is 0 Å². The summed E-state index contributed by atoms with van der Waals surface area (Å²) in [6, 6.07) is 0. The van der Waals surface area contributed by atoms with Gasteiger partial charge in [-0.2, -0.15) is 0 Å². The number of unbranched alkanes of at least 4 members (excludes halogenated alkanes) is 37. The number of aliphatic hydroxyl groups is 1. The van der Waals surface area contributed by atoms with Crippen molar-refractivity contribution >= 4 is 39.5 Å². The molecule has 624 valence electrons. The molecule has 19 heteroatoms. The van der Waals surface area contributed by atoms with E-state index in [2.05, 4.69) is 137 Å². The Morgan fingerprint density at radius 3 is 0.759 bits per heavy atom. The van der Waals surface area contributed by atoms with Gasteiger partial charge in [0.25, 0.3) is 0 Å². The van der Waals surface area contributed by atoms with Gasteiger partial charge < -0.3 is 33.8 Å². The lowest BCUT2D eigenvalue weighted by atomic mass is 10.0. The molecule has 5 unspecified atom stereocenters. The Bertz CT molecular complexity index is 2470. The molecule has 0 bridgehead atoms. The van der Waals surface area contributed by atoms with Gasteiger partial charge in [-0.3, -0.25) is 37.3 Å². The summed E-state index contributed by atoms with van der Waals surface area (Å²) < 4.78 is 68.9. The van der Waals surface area contributed by atoms with Gasteiger partial charge in [-0.05, 0) is 128 Å². The van der Waals surface area contributed by atoms with Crippen LogP contribution in [-0.4, -0.2) is 96.7 Å². The third-order valence-corrected chi connectivity index (χ3v) is 20.1. The highest BCUT2D eigenvalue weighted by atomic mass is 31.2. The minimum atomic E-state index is -4.99. The molecule has 0 aromatic rings. The predicted molar refractivity (Wildman–Crippen MR) is 445 cm³/mol. The van der Waals surface area contributed by atoms with Crippen LogP contribution in [0.15, 0.2) is 109 Å². The Kier molecular flexibility index (Phi) is 77.6. The number of carbonyl (C=O) groups excluding carboxylic acids is 4. The van der Waals surface area contributed by atoms with Crippen molar-refractivity contribution in [3.63, 3.8) is 0 Å². The second kappa shape index (κ2) is 80.8. The minimum Gasteiger partial charge on any atom is -0.462 e.